The number of piperidine rings is 1. The molecule has 0 saturated carbocycles. The quantitative estimate of drug-likeness (QED) is 0.608. The minimum Gasteiger partial charge on any atom is -0.485 e. The number of aliphatic hydroxyl groups excluding tert-OH is 1. The Hall–Kier alpha value is -2.59. The molecule has 2 saturated heterocycles. The number of nitrogens with zero attached hydrogens (tertiary/aromatic N) is 3. The van der Waals surface area contributed by atoms with Gasteiger partial charge in [-0.25, -0.2) is 9.78 Å². The molecule has 4 N–H and O–H groups in total. The van der Waals surface area contributed by atoms with Gasteiger partial charge in [0.1, 0.15) is 18.0 Å². The highest BCUT2D eigenvalue weighted by molar-refractivity contribution is 6.31. The number of aliphatic hydroxyl groups is 1. The van der Waals surface area contributed by atoms with Crippen LogP contribution in [0.3, 0.4) is 0 Å². The number of carbonyl (C=O) groups excluding carboxylic acids is 1. The fourth-order valence-corrected chi connectivity index (χ4v) is 5.89. The van der Waals surface area contributed by atoms with Gasteiger partial charge in [0.25, 0.3) is 0 Å². The molecule has 2 aromatic rings. The van der Waals surface area contributed by atoms with Crippen LogP contribution in [0.25, 0.3) is 0 Å². The van der Waals surface area contributed by atoms with E-state index in [2.05, 4.69) is 21.3 Å². The summed E-state index contributed by atoms with van der Waals surface area (Å²) in [5, 5.41) is 13.5. The molecule has 0 bridgehead atoms. The normalized spacial score (nSPS) is 27.7. The summed E-state index contributed by atoms with van der Waals surface area (Å²) in [7, 11) is 0. The van der Waals surface area contributed by atoms with Crippen molar-refractivity contribution in [2.45, 2.75) is 37.1 Å². The Kier molecular flexibility index (Phi) is 5.33. The largest absolute Gasteiger partial charge is 0.485 e. The Morgan fingerprint density at radius 1 is 1.26 bits per heavy atom. The van der Waals surface area contributed by atoms with E-state index in [9.17, 15) is 9.90 Å². The van der Waals surface area contributed by atoms with E-state index in [1.54, 1.807) is 17.0 Å². The predicted molar refractivity (Wildman–Crippen MR) is 127 cm³/mol. The molecule has 4 aliphatic rings. The minimum absolute atomic E-state index is 0.00410. The number of hydrogen-bond acceptors (Lipinski definition) is 8. The van der Waals surface area contributed by atoms with E-state index in [0.29, 0.717) is 29.8 Å². The van der Waals surface area contributed by atoms with Crippen molar-refractivity contribution >= 4 is 29.3 Å². The van der Waals surface area contributed by atoms with Crippen LogP contribution < -0.4 is 20.7 Å². The van der Waals surface area contributed by atoms with Gasteiger partial charge in [0.15, 0.2) is 17.8 Å². The topological polar surface area (TPSA) is 113 Å². The summed E-state index contributed by atoms with van der Waals surface area (Å²) >= 11 is 6.40. The Labute approximate surface area is 202 Å². The average Bonchev–Trinajstić information content (AvgIpc) is 3.32. The van der Waals surface area contributed by atoms with Gasteiger partial charge in [-0.15, -0.1) is 0 Å². The van der Waals surface area contributed by atoms with Crippen LogP contribution in [0.5, 0.6) is 5.75 Å². The zero-order valence-electron chi connectivity index (χ0n) is 18.7. The maximum atomic E-state index is 12.8. The lowest BCUT2D eigenvalue weighted by molar-refractivity contribution is -0.00283. The van der Waals surface area contributed by atoms with Crippen LogP contribution in [0.4, 0.5) is 16.4 Å². The zero-order chi connectivity index (χ0) is 23.4. The molecule has 34 heavy (non-hydrogen) atoms. The molecule has 180 valence electrons. The molecular formula is C24H28ClN5O4. The zero-order valence-corrected chi connectivity index (χ0v) is 19.5. The number of rotatable bonds is 3. The van der Waals surface area contributed by atoms with Gasteiger partial charge < -0.3 is 30.5 Å². The number of likely N-dealkylation sites (tertiary alicyclic amines) is 1. The Morgan fingerprint density at radius 3 is 2.88 bits per heavy atom. The summed E-state index contributed by atoms with van der Waals surface area (Å²) < 4.78 is 11.4. The van der Waals surface area contributed by atoms with Gasteiger partial charge in [-0.2, -0.15) is 0 Å². The fraction of sp³-hybridized carbons (Fsp3) is 0.500. The van der Waals surface area contributed by atoms with Crippen molar-refractivity contribution in [3.63, 3.8) is 0 Å². The number of nitrogens with two attached hydrogens (primary N) is 1. The number of anilines is 2. The lowest BCUT2D eigenvalue weighted by Crippen LogP contribution is -2.48. The molecule has 3 atom stereocenters. The summed E-state index contributed by atoms with van der Waals surface area (Å²) in [5.74, 6) is 1.79. The molecule has 1 amide bonds. The summed E-state index contributed by atoms with van der Waals surface area (Å²) in [6, 6.07) is 9.49. The van der Waals surface area contributed by atoms with Gasteiger partial charge in [0, 0.05) is 43.5 Å². The van der Waals surface area contributed by atoms with Gasteiger partial charge in [-0.3, -0.25) is 4.90 Å². The van der Waals surface area contributed by atoms with Crippen molar-refractivity contribution in [2.24, 2.45) is 11.7 Å². The maximum absolute atomic E-state index is 12.8. The smallest absolute Gasteiger partial charge is 0.416 e. The van der Waals surface area contributed by atoms with Gasteiger partial charge in [-0.1, -0.05) is 23.7 Å². The standard InChI is InChI=1S/C24H28ClN5O4/c25-17-3-1-2-15-16(17)10-14(21(15)26)11-29-8-6-24(7-9-29)13-30(23(32)34-24)19-5-4-18-22(27-19)28-20(31)12-33-18/h1-5,14,20-21,31H,6-13,26H2,(H,27,28). The third-order valence-electron chi connectivity index (χ3n) is 7.54. The number of carbonyl (C=O) groups is 1. The fourth-order valence-electron chi connectivity index (χ4n) is 5.63. The Morgan fingerprint density at radius 2 is 2.09 bits per heavy atom. The molecule has 3 aliphatic heterocycles. The van der Waals surface area contributed by atoms with Crippen LogP contribution in [-0.4, -0.2) is 65.7 Å². The van der Waals surface area contributed by atoms with Crippen LogP contribution >= 0.6 is 11.6 Å². The number of aromatic nitrogens is 1. The van der Waals surface area contributed by atoms with Crippen LogP contribution in [0, 0.1) is 5.92 Å². The molecular weight excluding hydrogens is 458 g/mol. The number of ether oxygens (including phenoxy) is 2. The first-order valence-corrected chi connectivity index (χ1v) is 12.1. The third kappa shape index (κ3) is 3.76. The van der Waals surface area contributed by atoms with Crippen molar-refractivity contribution in [2.75, 3.05) is 43.0 Å². The lowest BCUT2D eigenvalue weighted by Gasteiger charge is -2.38. The molecule has 9 nitrogen and oxygen atoms in total. The van der Waals surface area contributed by atoms with Gasteiger partial charge >= 0.3 is 6.09 Å². The highest BCUT2D eigenvalue weighted by Crippen LogP contribution is 2.41. The van der Waals surface area contributed by atoms with Crippen molar-refractivity contribution in [1.29, 1.82) is 0 Å². The number of benzene rings is 1. The number of halogens is 1. The monoisotopic (exact) mass is 485 g/mol. The lowest BCUT2D eigenvalue weighted by atomic mass is 9.90. The van der Waals surface area contributed by atoms with Gasteiger partial charge in [0.05, 0.1) is 6.54 Å². The second-order valence-corrected chi connectivity index (χ2v) is 10.1. The molecule has 10 heteroatoms. The number of nitrogens with one attached hydrogen (secondary N) is 1. The van der Waals surface area contributed by atoms with E-state index in [1.807, 2.05) is 12.1 Å². The predicted octanol–water partition coefficient (Wildman–Crippen LogP) is 2.52. The molecule has 1 aliphatic carbocycles. The summed E-state index contributed by atoms with van der Waals surface area (Å²) in [4.78, 5) is 21.2. The Balaban J connectivity index is 1.09. The molecule has 6 rings (SSSR count). The first kappa shape index (κ1) is 21.9. The molecule has 1 aromatic heterocycles. The first-order chi connectivity index (χ1) is 16.4. The van der Waals surface area contributed by atoms with E-state index in [0.717, 1.165) is 49.5 Å². The summed E-state index contributed by atoms with van der Waals surface area (Å²) in [6.45, 7) is 3.20. The first-order valence-electron chi connectivity index (χ1n) is 11.7. The van der Waals surface area contributed by atoms with Crippen molar-refractivity contribution in [1.82, 2.24) is 9.88 Å². The van der Waals surface area contributed by atoms with E-state index in [4.69, 9.17) is 26.8 Å². The summed E-state index contributed by atoms with van der Waals surface area (Å²) in [5.41, 5.74) is 8.38. The van der Waals surface area contributed by atoms with E-state index in [1.165, 1.54) is 5.56 Å². The third-order valence-corrected chi connectivity index (χ3v) is 7.89. The molecule has 3 unspecified atom stereocenters. The molecule has 1 spiro atoms. The SMILES string of the molecule is NC1c2cccc(Cl)c2CC1CN1CCC2(CC1)CN(c1ccc3c(n1)NC(O)CO3)C(=O)O2. The van der Waals surface area contributed by atoms with Crippen LogP contribution in [-0.2, 0) is 11.2 Å². The number of amides is 1. The van der Waals surface area contributed by atoms with E-state index in [-0.39, 0.29) is 18.7 Å². The second-order valence-electron chi connectivity index (χ2n) is 9.72. The average molecular weight is 486 g/mol. The van der Waals surface area contributed by atoms with Crippen molar-refractivity contribution in [3.8, 4) is 5.75 Å². The highest BCUT2D eigenvalue weighted by Gasteiger charge is 2.48. The van der Waals surface area contributed by atoms with Gasteiger partial charge in [0.2, 0.25) is 0 Å². The van der Waals surface area contributed by atoms with Gasteiger partial charge in [-0.05, 0) is 41.7 Å². The van der Waals surface area contributed by atoms with E-state index < -0.39 is 11.8 Å². The maximum Gasteiger partial charge on any atom is 0.416 e. The molecule has 2 fully saturated rings. The van der Waals surface area contributed by atoms with Crippen LogP contribution in [0.15, 0.2) is 30.3 Å². The number of pyridine rings is 1. The molecule has 1 aromatic carbocycles. The van der Waals surface area contributed by atoms with Crippen molar-refractivity contribution < 1.29 is 19.4 Å². The number of hydrogen-bond donors (Lipinski definition) is 3. The van der Waals surface area contributed by atoms with Crippen LogP contribution in [0.1, 0.15) is 30.0 Å². The number of fused-ring (bicyclic) bond motifs is 2. The Bertz CT molecular complexity index is 1120. The van der Waals surface area contributed by atoms with Crippen LogP contribution in [0.2, 0.25) is 5.02 Å². The van der Waals surface area contributed by atoms with Crippen molar-refractivity contribution in [3.05, 3.63) is 46.5 Å². The second kappa shape index (κ2) is 8.27. The molecule has 4 heterocycles. The minimum atomic E-state index is -0.826. The molecule has 0 radical (unpaired) electrons. The summed E-state index contributed by atoms with van der Waals surface area (Å²) in [6.07, 6.45) is 1.21. The van der Waals surface area contributed by atoms with E-state index >= 15 is 0 Å². The highest BCUT2D eigenvalue weighted by atomic mass is 35.5.